The van der Waals surface area contributed by atoms with Gasteiger partial charge in [-0.2, -0.15) is 0 Å². The highest BCUT2D eigenvalue weighted by Gasteiger charge is 2.30. The van der Waals surface area contributed by atoms with Crippen molar-refractivity contribution in [2.24, 2.45) is 0 Å². The lowest BCUT2D eigenvalue weighted by Gasteiger charge is -2.36. The van der Waals surface area contributed by atoms with E-state index in [-0.39, 0.29) is 17.8 Å². The van der Waals surface area contributed by atoms with Crippen molar-refractivity contribution in [3.05, 3.63) is 64.5 Å². The quantitative estimate of drug-likeness (QED) is 0.775. The van der Waals surface area contributed by atoms with Crippen LogP contribution in [0, 0.1) is 5.82 Å². The molecule has 2 heterocycles. The summed E-state index contributed by atoms with van der Waals surface area (Å²) in [5.41, 5.74) is 4.00. The average Bonchev–Trinajstić information content (AvgIpc) is 2.66. The van der Waals surface area contributed by atoms with Gasteiger partial charge in [-0.3, -0.25) is 9.10 Å². The van der Waals surface area contributed by atoms with Crippen LogP contribution in [0.3, 0.4) is 0 Å². The van der Waals surface area contributed by atoms with E-state index >= 15 is 0 Å². The first-order valence-electron chi connectivity index (χ1n) is 9.45. The molecule has 28 heavy (non-hydrogen) atoms. The molecule has 4 rings (SSSR count). The minimum absolute atomic E-state index is 0.110. The van der Waals surface area contributed by atoms with E-state index < -0.39 is 10.0 Å². The number of carbonyl (C=O) groups excluding carboxylic acids is 1. The smallest absolute Gasteiger partial charge is 0.254 e. The van der Waals surface area contributed by atoms with Crippen molar-refractivity contribution in [1.82, 2.24) is 4.90 Å². The first-order chi connectivity index (χ1) is 13.3. The molecule has 1 atom stereocenters. The maximum Gasteiger partial charge on any atom is 0.254 e. The van der Waals surface area contributed by atoms with E-state index in [0.29, 0.717) is 30.8 Å². The van der Waals surface area contributed by atoms with Crippen LogP contribution < -0.4 is 4.31 Å². The van der Waals surface area contributed by atoms with E-state index in [1.54, 1.807) is 23.1 Å². The van der Waals surface area contributed by atoms with Crippen molar-refractivity contribution < 1.29 is 17.6 Å². The molecule has 0 bridgehead atoms. The fourth-order valence-electron chi connectivity index (χ4n) is 4.27. The maximum absolute atomic E-state index is 13.7. The molecule has 2 aliphatic heterocycles. The number of sulfonamides is 1. The fraction of sp³-hybridized carbons (Fsp3) is 0.381. The largest absolute Gasteiger partial charge is 0.332 e. The predicted octanol–water partition coefficient (Wildman–Crippen LogP) is 3.30. The number of fused-ring (bicyclic) bond motifs is 2. The first-order valence-corrected chi connectivity index (χ1v) is 11.3. The number of carbonyl (C=O) groups is 1. The summed E-state index contributed by atoms with van der Waals surface area (Å²) >= 11 is 0. The van der Waals surface area contributed by atoms with E-state index in [1.807, 2.05) is 13.0 Å². The second kappa shape index (κ2) is 6.88. The third kappa shape index (κ3) is 3.28. The Bertz CT molecular complexity index is 1050. The molecule has 0 saturated carbocycles. The zero-order valence-electron chi connectivity index (χ0n) is 16.0. The number of nitrogens with zero attached hydrogens (tertiary/aromatic N) is 2. The molecule has 0 aliphatic carbocycles. The van der Waals surface area contributed by atoms with Gasteiger partial charge in [-0.1, -0.05) is 6.07 Å². The number of rotatable bonds is 2. The summed E-state index contributed by atoms with van der Waals surface area (Å²) in [6.07, 6.45) is 3.36. The molecule has 0 aromatic heterocycles. The lowest BCUT2D eigenvalue weighted by Crippen LogP contribution is -2.39. The molecule has 1 amide bonds. The third-order valence-corrected chi connectivity index (χ3v) is 6.89. The Kier molecular flexibility index (Phi) is 4.65. The number of anilines is 1. The van der Waals surface area contributed by atoms with Gasteiger partial charge in [0.25, 0.3) is 5.91 Å². The Labute approximate surface area is 164 Å². The molecule has 0 N–H and O–H groups in total. The van der Waals surface area contributed by atoms with Crippen molar-refractivity contribution in [1.29, 1.82) is 0 Å². The average molecular weight is 402 g/mol. The summed E-state index contributed by atoms with van der Waals surface area (Å²) in [7, 11) is -3.34. The van der Waals surface area contributed by atoms with Crippen molar-refractivity contribution in [3.8, 4) is 0 Å². The van der Waals surface area contributed by atoms with E-state index in [9.17, 15) is 17.6 Å². The Morgan fingerprint density at radius 3 is 2.61 bits per heavy atom. The van der Waals surface area contributed by atoms with Gasteiger partial charge >= 0.3 is 0 Å². The fourth-order valence-corrected chi connectivity index (χ4v) is 5.26. The van der Waals surface area contributed by atoms with Crippen molar-refractivity contribution in [2.45, 2.75) is 32.2 Å². The molecule has 2 aromatic rings. The summed E-state index contributed by atoms with van der Waals surface area (Å²) in [6, 6.07) is 9.78. The molecule has 0 radical (unpaired) electrons. The molecule has 0 saturated heterocycles. The van der Waals surface area contributed by atoms with Crippen LogP contribution in [0.5, 0.6) is 0 Å². The lowest BCUT2D eigenvalue weighted by molar-refractivity contribution is 0.0677. The summed E-state index contributed by atoms with van der Waals surface area (Å²) in [4.78, 5) is 14.9. The zero-order valence-corrected chi connectivity index (χ0v) is 16.8. The number of benzene rings is 2. The van der Waals surface area contributed by atoms with Crippen molar-refractivity contribution >= 4 is 21.6 Å². The summed E-state index contributed by atoms with van der Waals surface area (Å²) in [6.45, 7) is 2.95. The van der Waals surface area contributed by atoms with Crippen LogP contribution in [0.2, 0.25) is 0 Å². The predicted molar refractivity (Wildman–Crippen MR) is 107 cm³/mol. The molecule has 2 aromatic carbocycles. The standard InChI is InChI=1S/C21H23FN2O3S/c1-14-19-13-18(22)7-5-15(19)9-11-23(14)21(25)17-6-8-20-16(12-17)4-3-10-24(20)28(2,26)27/h5-8,12-14H,3-4,9-11H2,1-2H3. The van der Waals surface area contributed by atoms with Crippen LogP contribution in [0.1, 0.15) is 46.4 Å². The zero-order chi connectivity index (χ0) is 20.1. The van der Waals surface area contributed by atoms with Crippen molar-refractivity contribution in [3.63, 3.8) is 0 Å². The molecule has 1 unspecified atom stereocenters. The van der Waals surface area contributed by atoms with Gasteiger partial charge in [-0.05, 0) is 73.2 Å². The minimum atomic E-state index is -3.34. The van der Waals surface area contributed by atoms with E-state index in [4.69, 9.17) is 0 Å². The van der Waals surface area contributed by atoms with Gasteiger partial charge in [0.05, 0.1) is 18.0 Å². The Balaban J connectivity index is 1.64. The van der Waals surface area contributed by atoms with Gasteiger partial charge in [0.15, 0.2) is 0 Å². The summed E-state index contributed by atoms with van der Waals surface area (Å²) in [5.74, 6) is -0.406. The van der Waals surface area contributed by atoms with Gasteiger partial charge in [-0.15, -0.1) is 0 Å². The van der Waals surface area contributed by atoms with Gasteiger partial charge < -0.3 is 4.90 Å². The van der Waals surface area contributed by atoms with Crippen LogP contribution in [0.4, 0.5) is 10.1 Å². The molecule has 7 heteroatoms. The SMILES string of the molecule is CC1c2cc(F)ccc2CCN1C(=O)c1ccc2c(c1)CCCN2S(C)(=O)=O. The maximum atomic E-state index is 13.7. The summed E-state index contributed by atoms with van der Waals surface area (Å²) in [5, 5.41) is 0. The van der Waals surface area contributed by atoms with Crippen molar-refractivity contribution in [2.75, 3.05) is 23.7 Å². The Hall–Kier alpha value is -2.41. The topological polar surface area (TPSA) is 57.7 Å². The molecule has 148 valence electrons. The molecular weight excluding hydrogens is 379 g/mol. The van der Waals surface area contributed by atoms with Crippen LogP contribution in [-0.2, 0) is 22.9 Å². The van der Waals surface area contributed by atoms with Gasteiger partial charge in [-0.25, -0.2) is 12.8 Å². The number of hydrogen-bond donors (Lipinski definition) is 0. The third-order valence-electron chi connectivity index (χ3n) is 5.71. The highest BCUT2D eigenvalue weighted by molar-refractivity contribution is 7.92. The van der Waals surface area contributed by atoms with Gasteiger partial charge in [0.2, 0.25) is 10.0 Å². The lowest BCUT2D eigenvalue weighted by atomic mass is 9.92. The van der Waals surface area contributed by atoms with Gasteiger partial charge in [0, 0.05) is 18.7 Å². The van der Waals surface area contributed by atoms with E-state index in [1.165, 1.54) is 22.7 Å². The molecular formula is C21H23FN2O3S. The van der Waals surface area contributed by atoms with E-state index in [2.05, 4.69) is 0 Å². The Morgan fingerprint density at radius 1 is 1.07 bits per heavy atom. The van der Waals surface area contributed by atoms with Crippen LogP contribution in [0.15, 0.2) is 36.4 Å². The highest BCUT2D eigenvalue weighted by atomic mass is 32.2. The first kappa shape index (κ1) is 18.9. The van der Waals surface area contributed by atoms with Crippen LogP contribution in [-0.4, -0.2) is 38.6 Å². The second-order valence-electron chi connectivity index (χ2n) is 7.55. The molecule has 0 fully saturated rings. The van der Waals surface area contributed by atoms with Crippen LogP contribution >= 0.6 is 0 Å². The molecule has 0 spiro atoms. The van der Waals surface area contributed by atoms with Gasteiger partial charge in [0.1, 0.15) is 5.82 Å². The van der Waals surface area contributed by atoms with E-state index in [0.717, 1.165) is 29.5 Å². The number of aryl methyl sites for hydroxylation is 1. The monoisotopic (exact) mass is 402 g/mol. The molecule has 5 nitrogen and oxygen atoms in total. The highest BCUT2D eigenvalue weighted by Crippen LogP contribution is 2.33. The number of halogens is 1. The second-order valence-corrected chi connectivity index (χ2v) is 9.46. The Morgan fingerprint density at radius 2 is 1.86 bits per heavy atom. The van der Waals surface area contributed by atoms with Crippen LogP contribution in [0.25, 0.3) is 0 Å². The summed E-state index contributed by atoms with van der Waals surface area (Å²) < 4.78 is 39.1. The number of amides is 1. The number of hydrogen-bond acceptors (Lipinski definition) is 3. The minimum Gasteiger partial charge on any atom is -0.332 e. The normalized spacial score (nSPS) is 19.2. The molecule has 2 aliphatic rings.